The number of anilines is 1. The highest BCUT2D eigenvalue weighted by Gasteiger charge is 2.41. The van der Waals surface area contributed by atoms with Crippen molar-refractivity contribution >= 4 is 17.4 Å². The van der Waals surface area contributed by atoms with Crippen molar-refractivity contribution in [1.29, 1.82) is 0 Å². The lowest BCUT2D eigenvalue weighted by atomic mass is 9.83. The zero-order valence-electron chi connectivity index (χ0n) is 17.6. The number of halogens is 2. The topological polar surface area (TPSA) is 72.6 Å². The minimum absolute atomic E-state index is 0.0137. The Labute approximate surface area is 175 Å². The molecule has 166 valence electrons. The van der Waals surface area contributed by atoms with Crippen molar-refractivity contribution in [3.8, 4) is 0 Å². The number of carbonyl (C=O) groups is 1. The lowest BCUT2D eigenvalue weighted by Gasteiger charge is -2.47. The van der Waals surface area contributed by atoms with Gasteiger partial charge in [0.25, 0.3) is 12.3 Å². The molecule has 3 N–H and O–H groups in total. The maximum absolute atomic E-state index is 13.2. The molecule has 0 bridgehead atoms. The molecule has 1 amide bonds. The van der Waals surface area contributed by atoms with Gasteiger partial charge in [0.2, 0.25) is 0 Å². The first-order chi connectivity index (χ1) is 14.5. The van der Waals surface area contributed by atoms with Crippen LogP contribution < -0.4 is 10.6 Å². The number of methoxy groups -OCH3 is 1. The predicted octanol–water partition coefficient (Wildman–Crippen LogP) is 2.66. The van der Waals surface area contributed by atoms with E-state index in [9.17, 15) is 13.6 Å². The van der Waals surface area contributed by atoms with Gasteiger partial charge in [-0.05, 0) is 51.1 Å². The average Bonchev–Trinajstić information content (AvgIpc) is 3.18. The number of hydrogen-bond acceptors (Lipinski definition) is 5. The maximum atomic E-state index is 13.2. The van der Waals surface area contributed by atoms with E-state index in [-0.39, 0.29) is 25.2 Å². The third-order valence-corrected chi connectivity index (χ3v) is 6.45. The number of alkyl halides is 2. The highest BCUT2D eigenvalue weighted by atomic mass is 19.3. The molecule has 30 heavy (non-hydrogen) atoms. The number of rotatable bonds is 7. The minimum atomic E-state index is -2.30. The van der Waals surface area contributed by atoms with Crippen molar-refractivity contribution in [3.63, 3.8) is 0 Å². The largest absolute Gasteiger partial charge is 0.364 e. The summed E-state index contributed by atoms with van der Waals surface area (Å²) in [4.78, 5) is 20.5. The van der Waals surface area contributed by atoms with Gasteiger partial charge < -0.3 is 25.3 Å². The number of aromatic nitrogens is 1. The van der Waals surface area contributed by atoms with Crippen LogP contribution in [0.5, 0.6) is 0 Å². The van der Waals surface area contributed by atoms with Gasteiger partial charge in [0.1, 0.15) is 12.5 Å². The van der Waals surface area contributed by atoms with Gasteiger partial charge in [-0.2, -0.15) is 0 Å². The first-order valence-electron chi connectivity index (χ1n) is 10.7. The van der Waals surface area contributed by atoms with E-state index < -0.39 is 6.43 Å². The van der Waals surface area contributed by atoms with Crippen LogP contribution in [0.15, 0.2) is 17.8 Å². The van der Waals surface area contributed by atoms with Crippen LogP contribution in [0.3, 0.4) is 0 Å². The van der Waals surface area contributed by atoms with Gasteiger partial charge in [-0.25, -0.2) is 8.78 Å². The third-order valence-electron chi connectivity index (χ3n) is 6.45. The molecule has 4 rings (SSSR count). The number of ether oxygens (including phenoxy) is 1. The van der Waals surface area contributed by atoms with Crippen LogP contribution in [-0.2, 0) is 9.53 Å². The first kappa shape index (κ1) is 21.1. The fourth-order valence-corrected chi connectivity index (χ4v) is 5.02. The van der Waals surface area contributed by atoms with Gasteiger partial charge in [-0.1, -0.05) is 0 Å². The second-order valence-corrected chi connectivity index (χ2v) is 8.49. The van der Waals surface area contributed by atoms with Crippen molar-refractivity contribution in [3.05, 3.63) is 23.4 Å². The van der Waals surface area contributed by atoms with Crippen molar-refractivity contribution in [2.75, 3.05) is 38.9 Å². The summed E-state index contributed by atoms with van der Waals surface area (Å²) < 4.78 is 30.1. The second kappa shape index (κ2) is 8.93. The Morgan fingerprint density at radius 2 is 2.07 bits per heavy atom. The molecular formula is C21H31F2N5O2. The summed E-state index contributed by atoms with van der Waals surface area (Å²) in [7, 11) is 1.60. The summed E-state index contributed by atoms with van der Waals surface area (Å²) in [5.41, 5.74) is 2.84. The van der Waals surface area contributed by atoms with E-state index in [0.717, 1.165) is 48.3 Å². The molecular weight excluding hydrogens is 392 g/mol. The molecule has 1 aromatic heterocycles. The van der Waals surface area contributed by atoms with Crippen molar-refractivity contribution in [2.24, 2.45) is 5.92 Å². The lowest BCUT2D eigenvalue weighted by molar-refractivity contribution is -0.136. The van der Waals surface area contributed by atoms with Crippen molar-refractivity contribution < 1.29 is 18.3 Å². The number of nitrogens with zero attached hydrogens (tertiary/aromatic N) is 2. The lowest BCUT2D eigenvalue weighted by Crippen LogP contribution is -2.54. The summed E-state index contributed by atoms with van der Waals surface area (Å²) in [6, 6.07) is 2.23. The maximum Gasteiger partial charge on any atom is 0.257 e. The van der Waals surface area contributed by atoms with E-state index in [0.29, 0.717) is 25.2 Å². The molecule has 9 heteroatoms. The van der Waals surface area contributed by atoms with Crippen LogP contribution in [0.25, 0.3) is 5.70 Å². The van der Waals surface area contributed by atoms with Crippen LogP contribution >= 0.6 is 0 Å². The highest BCUT2D eigenvalue weighted by molar-refractivity contribution is 6.06. The smallest absolute Gasteiger partial charge is 0.257 e. The van der Waals surface area contributed by atoms with Gasteiger partial charge in [0.15, 0.2) is 0 Å². The average molecular weight is 424 g/mol. The molecule has 2 aliphatic heterocycles. The SMILES string of the molecule is COCN1CN([C@H]2CC[C@H](CNCC(F)F)CC2)C2=C(C1=O)C(C)Nc1[nH]ccc12. The molecule has 0 aromatic carbocycles. The predicted molar refractivity (Wildman–Crippen MR) is 111 cm³/mol. The quantitative estimate of drug-likeness (QED) is 0.629. The molecule has 1 atom stereocenters. The Kier molecular flexibility index (Phi) is 6.29. The van der Waals surface area contributed by atoms with Gasteiger partial charge >= 0.3 is 0 Å². The molecule has 0 spiro atoms. The van der Waals surface area contributed by atoms with Crippen LogP contribution in [0.1, 0.15) is 38.2 Å². The summed E-state index contributed by atoms with van der Waals surface area (Å²) in [5, 5.41) is 6.28. The van der Waals surface area contributed by atoms with Gasteiger partial charge in [0.05, 0.1) is 30.5 Å². The molecule has 1 unspecified atom stereocenters. The fourth-order valence-electron chi connectivity index (χ4n) is 5.02. The fraction of sp³-hybridized carbons (Fsp3) is 0.667. The monoisotopic (exact) mass is 423 g/mol. The van der Waals surface area contributed by atoms with E-state index in [1.807, 2.05) is 19.2 Å². The Morgan fingerprint density at radius 1 is 1.30 bits per heavy atom. The molecule has 1 aromatic rings. The Morgan fingerprint density at radius 3 is 2.77 bits per heavy atom. The van der Waals surface area contributed by atoms with Gasteiger partial charge in [-0.15, -0.1) is 0 Å². The normalized spacial score (nSPS) is 26.7. The summed E-state index contributed by atoms with van der Waals surface area (Å²) >= 11 is 0. The summed E-state index contributed by atoms with van der Waals surface area (Å²) in [6.45, 7) is 3.17. The molecule has 0 radical (unpaired) electrons. The van der Waals surface area contributed by atoms with Crippen LogP contribution in [0, 0.1) is 5.92 Å². The number of H-pyrrole nitrogens is 1. The number of fused-ring (bicyclic) bond motifs is 2. The standard InChI is InChI=1S/C21H31F2N5O2/c1-13-18-19(16-7-8-25-20(16)26-13)28(11-27(12-30-2)21(18)29)15-5-3-14(4-6-15)9-24-10-17(22)23/h7-8,13-15,17,24-26H,3-6,9-12H2,1-2H3/t13?,14-,15-. The number of amides is 1. The number of hydrogen-bond donors (Lipinski definition) is 3. The highest BCUT2D eigenvalue weighted by Crippen LogP contribution is 2.42. The van der Waals surface area contributed by atoms with E-state index in [1.165, 1.54) is 0 Å². The summed E-state index contributed by atoms with van der Waals surface area (Å²) in [6.07, 6.45) is 3.54. The van der Waals surface area contributed by atoms with E-state index in [4.69, 9.17) is 4.74 Å². The zero-order chi connectivity index (χ0) is 21.3. The molecule has 7 nitrogen and oxygen atoms in total. The summed E-state index contributed by atoms with van der Waals surface area (Å²) in [5.74, 6) is 1.38. The van der Waals surface area contributed by atoms with E-state index in [1.54, 1.807) is 12.0 Å². The third kappa shape index (κ3) is 4.05. The van der Waals surface area contributed by atoms with E-state index >= 15 is 0 Å². The van der Waals surface area contributed by atoms with Gasteiger partial charge in [0, 0.05) is 24.9 Å². The molecule has 0 saturated heterocycles. The Balaban J connectivity index is 1.54. The zero-order valence-corrected chi connectivity index (χ0v) is 17.6. The molecule has 3 aliphatic rings. The van der Waals surface area contributed by atoms with Crippen molar-refractivity contribution in [1.82, 2.24) is 20.1 Å². The molecule has 1 fully saturated rings. The van der Waals surface area contributed by atoms with Crippen LogP contribution in [0.2, 0.25) is 0 Å². The van der Waals surface area contributed by atoms with E-state index in [2.05, 4.69) is 20.5 Å². The van der Waals surface area contributed by atoms with Crippen LogP contribution in [0.4, 0.5) is 14.6 Å². The minimum Gasteiger partial charge on any atom is -0.364 e. The second-order valence-electron chi connectivity index (χ2n) is 8.49. The first-order valence-corrected chi connectivity index (χ1v) is 10.7. The number of carbonyl (C=O) groups excluding carboxylic acids is 1. The molecule has 1 aliphatic carbocycles. The molecule has 3 heterocycles. The van der Waals surface area contributed by atoms with Crippen LogP contribution in [-0.4, -0.2) is 72.8 Å². The Bertz CT molecular complexity index is 788. The van der Waals surface area contributed by atoms with Gasteiger partial charge in [-0.3, -0.25) is 9.69 Å². The Hall–Kier alpha value is -2.13. The number of aromatic amines is 1. The van der Waals surface area contributed by atoms with Crippen molar-refractivity contribution in [2.45, 2.75) is 51.1 Å². The molecule has 1 saturated carbocycles. The number of nitrogens with one attached hydrogen (secondary N) is 3.